The van der Waals surface area contributed by atoms with Crippen LogP contribution in [-0.4, -0.2) is 13.0 Å². The Morgan fingerprint density at radius 3 is 2.41 bits per heavy atom. The number of carbonyl (C=O) groups is 1. The molecule has 194 valence electrons. The van der Waals surface area contributed by atoms with Crippen molar-refractivity contribution in [3.05, 3.63) is 133 Å². The monoisotopic (exact) mass is 645 g/mol. The normalized spacial score (nSPS) is 14.5. The molecular weight excluding hydrogens is 626 g/mol. The molecule has 4 aromatic carbocycles. The average molecular weight is 647 g/mol. The van der Waals surface area contributed by atoms with Crippen molar-refractivity contribution < 1.29 is 18.7 Å². The van der Waals surface area contributed by atoms with E-state index in [1.807, 2.05) is 66.7 Å². The van der Waals surface area contributed by atoms with E-state index in [1.165, 1.54) is 0 Å². The van der Waals surface area contributed by atoms with Crippen molar-refractivity contribution in [2.45, 2.75) is 12.6 Å². The quantitative estimate of drug-likeness (QED) is 0.190. The Bertz CT molecular complexity index is 1780. The van der Waals surface area contributed by atoms with Gasteiger partial charge in [-0.25, -0.2) is 0 Å². The highest BCUT2D eigenvalue weighted by atomic mass is 79.9. The van der Waals surface area contributed by atoms with Crippen LogP contribution in [0.2, 0.25) is 0 Å². The summed E-state index contributed by atoms with van der Waals surface area (Å²) < 4.78 is 19.4. The van der Waals surface area contributed by atoms with Gasteiger partial charge in [-0.15, -0.1) is 0 Å². The van der Waals surface area contributed by atoms with Crippen LogP contribution >= 0.6 is 31.9 Å². The second-order valence-electron chi connectivity index (χ2n) is 9.06. The predicted octanol–water partition coefficient (Wildman–Crippen LogP) is 7.66. The van der Waals surface area contributed by atoms with Crippen molar-refractivity contribution in [3.8, 4) is 11.5 Å². The Hall–Kier alpha value is -3.88. The summed E-state index contributed by atoms with van der Waals surface area (Å²) in [7, 11) is 1.56. The van der Waals surface area contributed by atoms with Crippen molar-refractivity contribution in [1.29, 1.82) is 0 Å². The van der Waals surface area contributed by atoms with E-state index >= 15 is 0 Å². The first-order chi connectivity index (χ1) is 18.9. The van der Waals surface area contributed by atoms with Crippen molar-refractivity contribution in [2.24, 2.45) is 0 Å². The highest BCUT2D eigenvalue weighted by molar-refractivity contribution is 9.10. The molecule has 1 unspecified atom stereocenters. The van der Waals surface area contributed by atoms with Crippen molar-refractivity contribution in [3.63, 3.8) is 0 Å². The minimum atomic E-state index is -0.737. The number of nitrogens with zero attached hydrogens (tertiary/aromatic N) is 1. The zero-order valence-corrected chi connectivity index (χ0v) is 23.9. The molecule has 1 amide bonds. The van der Waals surface area contributed by atoms with E-state index < -0.39 is 11.9 Å². The molecule has 0 saturated carbocycles. The minimum absolute atomic E-state index is 0.0307. The molecule has 1 atom stereocenters. The van der Waals surface area contributed by atoms with Gasteiger partial charge in [0.2, 0.25) is 5.76 Å². The maximum atomic E-state index is 13.9. The van der Waals surface area contributed by atoms with Crippen LogP contribution in [0.5, 0.6) is 11.5 Å². The highest BCUT2D eigenvalue weighted by Crippen LogP contribution is 2.44. The molecule has 6 nitrogen and oxygen atoms in total. The lowest BCUT2D eigenvalue weighted by atomic mass is 9.97. The van der Waals surface area contributed by atoms with Crippen LogP contribution in [0, 0.1) is 0 Å². The van der Waals surface area contributed by atoms with Gasteiger partial charge < -0.3 is 13.9 Å². The first-order valence-electron chi connectivity index (χ1n) is 12.1. The lowest BCUT2D eigenvalue weighted by Crippen LogP contribution is -2.29. The van der Waals surface area contributed by atoms with E-state index in [0.717, 1.165) is 14.5 Å². The third-order valence-electron chi connectivity index (χ3n) is 6.66. The number of amides is 1. The lowest BCUT2D eigenvalue weighted by Gasteiger charge is -2.26. The number of ether oxygens (including phenoxy) is 2. The molecule has 1 aliphatic heterocycles. The summed E-state index contributed by atoms with van der Waals surface area (Å²) in [6.45, 7) is 0.371. The first kappa shape index (κ1) is 25.4. The molecule has 0 fully saturated rings. The van der Waals surface area contributed by atoms with Gasteiger partial charge >= 0.3 is 0 Å². The van der Waals surface area contributed by atoms with E-state index in [1.54, 1.807) is 36.3 Å². The SMILES string of the molecule is COc1cc(C2c3c(oc4ccc(Br)cc4c3=O)C(=O)N2c2cccc(Br)c2)ccc1OCc1ccccc1. The van der Waals surface area contributed by atoms with Crippen LogP contribution in [0.3, 0.4) is 0 Å². The molecule has 0 aliphatic carbocycles. The van der Waals surface area contributed by atoms with Gasteiger partial charge in [0.1, 0.15) is 12.2 Å². The number of methoxy groups -OCH3 is 1. The zero-order chi connectivity index (χ0) is 27.1. The van der Waals surface area contributed by atoms with Gasteiger partial charge in [-0.3, -0.25) is 14.5 Å². The number of rotatable bonds is 6. The van der Waals surface area contributed by atoms with E-state index in [0.29, 0.717) is 40.3 Å². The van der Waals surface area contributed by atoms with Crippen molar-refractivity contribution in [1.82, 2.24) is 0 Å². The third-order valence-corrected chi connectivity index (χ3v) is 7.65. The third kappa shape index (κ3) is 4.64. The number of hydrogen-bond donors (Lipinski definition) is 0. The van der Waals surface area contributed by atoms with Crippen LogP contribution in [0.15, 0.2) is 109 Å². The maximum absolute atomic E-state index is 13.9. The molecule has 2 heterocycles. The summed E-state index contributed by atoms with van der Waals surface area (Å²) in [6.07, 6.45) is 0. The summed E-state index contributed by atoms with van der Waals surface area (Å²) in [5, 5.41) is 0.395. The van der Waals surface area contributed by atoms with Crippen LogP contribution in [0.25, 0.3) is 11.0 Å². The van der Waals surface area contributed by atoms with Gasteiger partial charge in [0.15, 0.2) is 16.9 Å². The number of hydrogen-bond acceptors (Lipinski definition) is 5. The van der Waals surface area contributed by atoms with Gasteiger partial charge in [-0.05, 0) is 59.7 Å². The molecule has 6 rings (SSSR count). The van der Waals surface area contributed by atoms with Crippen LogP contribution in [0.1, 0.15) is 33.3 Å². The Balaban J connectivity index is 1.50. The molecule has 0 radical (unpaired) electrons. The molecule has 0 spiro atoms. The largest absolute Gasteiger partial charge is 0.493 e. The second-order valence-corrected chi connectivity index (χ2v) is 10.9. The summed E-state index contributed by atoms with van der Waals surface area (Å²) in [6, 6.07) is 27.1. The topological polar surface area (TPSA) is 69.0 Å². The molecule has 1 aliphatic rings. The average Bonchev–Trinajstić information content (AvgIpc) is 3.25. The number of benzene rings is 4. The van der Waals surface area contributed by atoms with E-state index in [9.17, 15) is 9.59 Å². The fourth-order valence-corrected chi connectivity index (χ4v) is 5.61. The van der Waals surface area contributed by atoms with Gasteiger partial charge in [-0.2, -0.15) is 0 Å². The van der Waals surface area contributed by atoms with Gasteiger partial charge in [0.25, 0.3) is 5.91 Å². The predicted molar refractivity (Wildman–Crippen MR) is 157 cm³/mol. The maximum Gasteiger partial charge on any atom is 0.295 e. The summed E-state index contributed by atoms with van der Waals surface area (Å²) >= 11 is 6.94. The summed E-state index contributed by atoms with van der Waals surface area (Å²) in [5.74, 6) is 0.686. The molecule has 0 N–H and O–H groups in total. The van der Waals surface area contributed by atoms with Gasteiger partial charge in [0, 0.05) is 14.6 Å². The molecule has 8 heteroatoms. The highest BCUT2D eigenvalue weighted by Gasteiger charge is 2.44. The second kappa shape index (κ2) is 10.4. The zero-order valence-electron chi connectivity index (χ0n) is 20.7. The number of fused-ring (bicyclic) bond motifs is 2. The smallest absolute Gasteiger partial charge is 0.295 e. The number of carbonyl (C=O) groups excluding carboxylic acids is 1. The standard InChI is InChI=1S/C31H21Br2NO5/c1-37-26-14-19(10-12-25(26)38-17-18-6-3-2-4-7-18)28-27-29(35)23-16-21(33)11-13-24(23)39-30(27)31(36)34(28)22-9-5-8-20(32)15-22/h2-16,28H,17H2,1H3. The lowest BCUT2D eigenvalue weighted by molar-refractivity contribution is 0.0971. The Morgan fingerprint density at radius 1 is 0.846 bits per heavy atom. The van der Waals surface area contributed by atoms with Gasteiger partial charge in [-0.1, -0.05) is 74.3 Å². The summed E-state index contributed by atoms with van der Waals surface area (Å²) in [5.41, 5.74) is 2.71. The molecule has 39 heavy (non-hydrogen) atoms. The fourth-order valence-electron chi connectivity index (χ4n) is 4.86. The van der Waals surface area contributed by atoms with Gasteiger partial charge in [0.05, 0.1) is 24.1 Å². The van der Waals surface area contributed by atoms with Crippen molar-refractivity contribution >= 4 is 54.4 Å². The molecule has 1 aromatic heterocycles. The van der Waals surface area contributed by atoms with Crippen molar-refractivity contribution in [2.75, 3.05) is 12.0 Å². The molecule has 0 saturated heterocycles. The Labute approximate surface area is 241 Å². The molecule has 0 bridgehead atoms. The number of anilines is 1. The van der Waals surface area contributed by atoms with E-state index in [-0.39, 0.29) is 16.8 Å². The Kier molecular flexibility index (Phi) is 6.74. The molecular formula is C31H21Br2NO5. The van der Waals surface area contributed by atoms with E-state index in [2.05, 4.69) is 31.9 Å². The van der Waals surface area contributed by atoms with Crippen LogP contribution < -0.4 is 19.8 Å². The number of halogens is 2. The van der Waals surface area contributed by atoms with Crippen LogP contribution in [-0.2, 0) is 6.61 Å². The van der Waals surface area contributed by atoms with Crippen LogP contribution in [0.4, 0.5) is 5.69 Å². The first-order valence-corrected chi connectivity index (χ1v) is 13.7. The minimum Gasteiger partial charge on any atom is -0.493 e. The Morgan fingerprint density at radius 2 is 1.64 bits per heavy atom. The fraction of sp³-hybridized carbons (Fsp3) is 0.0968. The summed E-state index contributed by atoms with van der Waals surface area (Å²) in [4.78, 5) is 29.3. The molecule has 5 aromatic rings. The van der Waals surface area contributed by atoms with E-state index in [4.69, 9.17) is 13.9 Å².